The third-order valence-corrected chi connectivity index (χ3v) is 5.83. The number of nitrogens with one attached hydrogen (secondary N) is 2. The number of hydrogen-bond donors (Lipinski definition) is 6. The second-order valence-electron chi connectivity index (χ2n) is 8.43. The largest absolute Gasteiger partial charge is 0.479 e. The molecule has 4 rings (SSSR count). The minimum absolute atomic E-state index is 0.0329. The van der Waals surface area contributed by atoms with Crippen LogP contribution in [0.5, 0.6) is 0 Å². The maximum Gasteiger partial charge on any atom is 0.335 e. The van der Waals surface area contributed by atoms with E-state index in [1.165, 1.54) is 10.9 Å². The molecule has 1 aromatic heterocycles. The Kier molecular flexibility index (Phi) is 8.11. The highest BCUT2D eigenvalue weighted by molar-refractivity contribution is 5.98. The van der Waals surface area contributed by atoms with Crippen molar-refractivity contribution in [2.45, 2.75) is 49.8 Å². The number of benzene rings is 2. The number of carboxylic acids is 1. The molecule has 1 fully saturated rings. The molecule has 7 atom stereocenters. The summed E-state index contributed by atoms with van der Waals surface area (Å²) in [5.41, 5.74) is 1.20. The van der Waals surface area contributed by atoms with Crippen molar-refractivity contribution in [3.63, 3.8) is 0 Å². The van der Waals surface area contributed by atoms with E-state index in [0.717, 1.165) is 0 Å². The number of carboxylic acid groups (broad SMARTS) is 1. The van der Waals surface area contributed by atoms with Crippen LogP contribution in [0.1, 0.15) is 24.6 Å². The highest BCUT2D eigenvalue weighted by atomic mass is 16.7. The molecule has 0 aliphatic carbocycles. The molecule has 3 aromatic rings. The SMILES string of the molecule is CC(C(O[C@@H]1O[C@H](C(=O)O)[C@@H](O)[C@H](O)[C@H]1O)c1ccccc1)[n+]1cc(NC(=O)Nc2ccccc2)on1. The quantitative estimate of drug-likeness (QED) is 0.234. The summed E-state index contributed by atoms with van der Waals surface area (Å²) in [6.45, 7) is 1.71. The lowest BCUT2D eigenvalue weighted by Crippen LogP contribution is -2.60. The van der Waals surface area contributed by atoms with Crippen LogP contribution in [0, 0.1) is 0 Å². The van der Waals surface area contributed by atoms with Crippen LogP contribution in [0.3, 0.4) is 0 Å². The topological polar surface area (TPSA) is 187 Å². The molecule has 1 saturated heterocycles. The highest BCUT2D eigenvalue weighted by Crippen LogP contribution is 2.32. The van der Waals surface area contributed by atoms with E-state index >= 15 is 0 Å². The van der Waals surface area contributed by atoms with Crippen LogP contribution >= 0.6 is 0 Å². The first-order valence-electron chi connectivity index (χ1n) is 11.4. The van der Waals surface area contributed by atoms with Gasteiger partial charge in [-0.25, -0.2) is 9.59 Å². The number of aliphatic hydroxyl groups excluding tert-OH is 3. The lowest BCUT2D eigenvalue weighted by Gasteiger charge is -2.39. The van der Waals surface area contributed by atoms with Crippen molar-refractivity contribution >= 4 is 23.6 Å². The van der Waals surface area contributed by atoms with E-state index < -0.39 is 54.9 Å². The minimum Gasteiger partial charge on any atom is -0.479 e. The van der Waals surface area contributed by atoms with Crippen LogP contribution in [0.15, 0.2) is 71.4 Å². The number of hydrogen-bond acceptors (Lipinski definition) is 9. The number of carbonyl (C=O) groups is 2. The van der Waals surface area contributed by atoms with Gasteiger partial charge in [-0.15, -0.1) is 0 Å². The van der Waals surface area contributed by atoms with Crippen molar-refractivity contribution in [1.82, 2.24) is 5.27 Å². The van der Waals surface area contributed by atoms with Gasteiger partial charge in [0.05, 0.1) is 0 Å². The molecule has 1 aliphatic heterocycles. The predicted octanol–water partition coefficient (Wildman–Crippen LogP) is 0.817. The van der Waals surface area contributed by atoms with Gasteiger partial charge in [0.25, 0.3) is 6.20 Å². The molecule has 0 radical (unpaired) electrons. The summed E-state index contributed by atoms with van der Waals surface area (Å²) in [6, 6.07) is 16.4. The maximum absolute atomic E-state index is 12.3. The number of nitrogens with zero attached hydrogens (tertiary/aromatic N) is 2. The molecule has 2 amide bonds. The molecular formula is C24H27N4O9+. The highest BCUT2D eigenvalue weighted by Gasteiger charge is 2.49. The van der Waals surface area contributed by atoms with Crippen LogP contribution in [0.4, 0.5) is 16.4 Å². The number of para-hydroxylation sites is 1. The Morgan fingerprint density at radius 2 is 1.62 bits per heavy atom. The van der Waals surface area contributed by atoms with E-state index in [-0.39, 0.29) is 5.88 Å². The number of urea groups is 1. The summed E-state index contributed by atoms with van der Waals surface area (Å²) >= 11 is 0. The van der Waals surface area contributed by atoms with E-state index in [0.29, 0.717) is 11.3 Å². The Morgan fingerprint density at radius 3 is 2.27 bits per heavy atom. The number of anilines is 2. The van der Waals surface area contributed by atoms with Crippen LogP contribution in [0.25, 0.3) is 0 Å². The Labute approximate surface area is 210 Å². The summed E-state index contributed by atoms with van der Waals surface area (Å²) in [7, 11) is 0. The standard InChI is InChI=1S/C24H26N4O9/c1-13(28-12-16(37-27-28)26-24(34)25-15-10-6-3-7-11-15)20(14-8-4-2-5-9-14)35-23-19(31)17(29)18(30)21(36-23)22(32)33/h2-13,17-21,23,29-31H,1H3,(H2-,25,26,27,32,33,34)/p+1/t13?,17-,18-,19+,20?,21-,23+/m0/s1. The number of aliphatic carboxylic acids is 1. The van der Waals surface area contributed by atoms with Crippen molar-refractivity contribution < 1.29 is 48.7 Å². The van der Waals surface area contributed by atoms with Crippen molar-refractivity contribution in [1.29, 1.82) is 0 Å². The summed E-state index contributed by atoms with van der Waals surface area (Å²) in [4.78, 5) is 23.8. The number of aromatic nitrogens is 2. The first-order chi connectivity index (χ1) is 17.7. The molecule has 13 nitrogen and oxygen atoms in total. The monoisotopic (exact) mass is 515 g/mol. The predicted molar refractivity (Wildman–Crippen MR) is 125 cm³/mol. The first kappa shape index (κ1) is 26.2. The third kappa shape index (κ3) is 6.10. The van der Waals surface area contributed by atoms with E-state index in [1.807, 2.05) is 6.07 Å². The molecule has 6 N–H and O–H groups in total. The van der Waals surface area contributed by atoms with Crippen molar-refractivity contribution in [2.75, 3.05) is 10.6 Å². The zero-order chi connectivity index (χ0) is 26.5. The molecule has 0 saturated carbocycles. The first-order valence-corrected chi connectivity index (χ1v) is 11.4. The Balaban J connectivity index is 1.52. The summed E-state index contributed by atoms with van der Waals surface area (Å²) in [5.74, 6) is -1.49. The average Bonchev–Trinajstić information content (AvgIpc) is 3.35. The molecule has 0 bridgehead atoms. The molecule has 2 aromatic carbocycles. The van der Waals surface area contributed by atoms with Crippen molar-refractivity contribution in [3.05, 3.63) is 72.4 Å². The Morgan fingerprint density at radius 1 is 0.973 bits per heavy atom. The van der Waals surface area contributed by atoms with E-state index in [9.17, 15) is 30.0 Å². The fourth-order valence-electron chi connectivity index (χ4n) is 3.86. The number of carbonyl (C=O) groups excluding carboxylic acids is 1. The zero-order valence-electron chi connectivity index (χ0n) is 19.6. The van der Waals surface area contributed by atoms with Gasteiger partial charge in [0.2, 0.25) is 11.3 Å². The third-order valence-electron chi connectivity index (χ3n) is 5.83. The fourth-order valence-corrected chi connectivity index (χ4v) is 3.86. The minimum atomic E-state index is -1.85. The molecule has 37 heavy (non-hydrogen) atoms. The molecule has 1 aliphatic rings. The van der Waals surface area contributed by atoms with Crippen LogP contribution in [-0.4, -0.2) is 68.4 Å². The van der Waals surface area contributed by atoms with Crippen molar-refractivity contribution in [3.8, 4) is 0 Å². The second kappa shape index (κ2) is 11.5. The summed E-state index contributed by atoms with van der Waals surface area (Å²) in [5, 5.41) is 49.0. The van der Waals surface area contributed by atoms with Gasteiger partial charge in [-0.2, -0.15) is 0 Å². The lowest BCUT2D eigenvalue weighted by atomic mass is 9.98. The molecule has 13 heteroatoms. The van der Waals surface area contributed by atoms with Crippen LogP contribution in [-0.2, 0) is 14.3 Å². The lowest BCUT2D eigenvalue weighted by molar-refractivity contribution is -0.790. The number of ether oxygens (including phenoxy) is 2. The normalized spacial score (nSPS) is 25.1. The molecule has 2 unspecified atom stereocenters. The zero-order valence-corrected chi connectivity index (χ0v) is 19.6. The van der Waals surface area contributed by atoms with Gasteiger partial charge in [0.15, 0.2) is 12.4 Å². The van der Waals surface area contributed by atoms with Gasteiger partial charge in [0.1, 0.15) is 24.4 Å². The molecule has 2 heterocycles. The smallest absolute Gasteiger partial charge is 0.335 e. The number of amides is 2. The molecule has 196 valence electrons. The van der Waals surface area contributed by atoms with E-state index in [1.54, 1.807) is 61.5 Å². The van der Waals surface area contributed by atoms with E-state index in [4.69, 9.17) is 14.0 Å². The number of aliphatic hydroxyl groups is 3. The van der Waals surface area contributed by atoms with Crippen LogP contribution in [0.2, 0.25) is 0 Å². The van der Waals surface area contributed by atoms with Crippen LogP contribution < -0.4 is 15.3 Å². The van der Waals surface area contributed by atoms with Gasteiger partial charge in [0, 0.05) is 12.6 Å². The molecule has 0 spiro atoms. The van der Waals surface area contributed by atoms with Crippen molar-refractivity contribution in [2.24, 2.45) is 0 Å². The maximum atomic E-state index is 12.3. The van der Waals surface area contributed by atoms with E-state index in [2.05, 4.69) is 15.9 Å². The molecular weight excluding hydrogens is 488 g/mol. The summed E-state index contributed by atoms with van der Waals surface area (Å²) < 4.78 is 17.9. The summed E-state index contributed by atoms with van der Waals surface area (Å²) in [6.07, 6.45) is -8.26. The average molecular weight is 515 g/mol. The van der Waals surface area contributed by atoms with Gasteiger partial charge in [-0.1, -0.05) is 48.5 Å². The Hall–Kier alpha value is -3.88. The van der Waals surface area contributed by atoms with Gasteiger partial charge in [-0.3, -0.25) is 9.84 Å². The Bertz CT molecular complexity index is 1190. The second-order valence-corrected chi connectivity index (χ2v) is 8.43. The van der Waals surface area contributed by atoms with Gasteiger partial charge >= 0.3 is 17.9 Å². The fraction of sp³-hybridized carbons (Fsp3) is 0.333. The van der Waals surface area contributed by atoms with Gasteiger partial charge < -0.3 is 35.2 Å². The van der Waals surface area contributed by atoms with Gasteiger partial charge in [-0.05, 0) is 22.4 Å². The number of rotatable bonds is 8.